The van der Waals surface area contributed by atoms with E-state index >= 15 is 0 Å². The first-order valence-corrected chi connectivity index (χ1v) is 6.57. The van der Waals surface area contributed by atoms with Gasteiger partial charge in [0.1, 0.15) is 11.5 Å². The highest BCUT2D eigenvalue weighted by Crippen LogP contribution is 2.27. The third kappa shape index (κ3) is 4.56. The van der Waals surface area contributed by atoms with Crippen molar-refractivity contribution in [1.29, 1.82) is 0 Å². The van der Waals surface area contributed by atoms with Crippen LogP contribution in [0.1, 0.15) is 0 Å². The predicted octanol–water partition coefficient (Wildman–Crippen LogP) is 4.82. The lowest BCUT2D eigenvalue weighted by Crippen LogP contribution is -1.94. The van der Waals surface area contributed by atoms with E-state index in [2.05, 4.69) is 13.2 Å². The first-order chi connectivity index (χ1) is 9.24. The van der Waals surface area contributed by atoms with Gasteiger partial charge in [0, 0.05) is 0 Å². The first kappa shape index (κ1) is 13.3. The number of benzene rings is 2. The molecule has 2 rings (SSSR count). The monoisotopic (exact) mass is 270 g/mol. The Labute approximate surface area is 117 Å². The fourth-order valence-electron chi connectivity index (χ4n) is 1.41. The summed E-state index contributed by atoms with van der Waals surface area (Å²) in [7, 11) is 0. The maximum absolute atomic E-state index is 5.55. The van der Waals surface area contributed by atoms with Gasteiger partial charge in [-0.3, -0.25) is 0 Å². The number of hydrogen-bond donors (Lipinski definition) is 0. The molecule has 19 heavy (non-hydrogen) atoms. The van der Waals surface area contributed by atoms with Crippen molar-refractivity contribution < 1.29 is 9.47 Å². The van der Waals surface area contributed by atoms with Crippen LogP contribution in [-0.4, -0.2) is 0 Å². The molecule has 3 heteroatoms. The summed E-state index contributed by atoms with van der Waals surface area (Å²) < 4.78 is 11.1. The molecule has 0 aliphatic rings. The van der Waals surface area contributed by atoms with Crippen LogP contribution in [0, 0.1) is 0 Å². The minimum absolute atomic E-state index is 0.520. The van der Waals surface area contributed by atoms with Crippen LogP contribution in [0.25, 0.3) is 0 Å². The molecule has 0 N–H and O–H groups in total. The third-order valence-electron chi connectivity index (χ3n) is 2.18. The van der Waals surface area contributed by atoms with Crippen molar-refractivity contribution in [2.24, 2.45) is 0 Å². The summed E-state index contributed by atoms with van der Waals surface area (Å²) in [5.74, 6) is 1.49. The molecule has 0 atom stereocenters. The lowest BCUT2D eigenvalue weighted by molar-refractivity contribution is 0.455. The van der Waals surface area contributed by atoms with Crippen molar-refractivity contribution in [3.8, 4) is 11.5 Å². The standard InChI is InChI=1S/C16H14O2S/c1-13(17-15-9-5-3-6-10-15)19-14(2)18-16-11-7-4-8-12-16/h3-12H,1-2H2. The van der Waals surface area contributed by atoms with Crippen LogP contribution in [0.15, 0.2) is 84.0 Å². The smallest absolute Gasteiger partial charge is 0.161 e. The lowest BCUT2D eigenvalue weighted by Gasteiger charge is -2.10. The second-order valence-corrected chi connectivity index (χ2v) is 4.79. The van der Waals surface area contributed by atoms with E-state index in [9.17, 15) is 0 Å². The van der Waals surface area contributed by atoms with Crippen LogP contribution in [-0.2, 0) is 0 Å². The molecule has 0 saturated heterocycles. The SMILES string of the molecule is C=C(Oc1ccccc1)SC(=C)Oc1ccccc1. The van der Waals surface area contributed by atoms with Crippen molar-refractivity contribution in [3.63, 3.8) is 0 Å². The summed E-state index contributed by atoms with van der Waals surface area (Å²) in [6, 6.07) is 19.0. The molecule has 2 aromatic rings. The molecule has 0 aliphatic heterocycles. The van der Waals surface area contributed by atoms with Crippen molar-refractivity contribution in [3.05, 3.63) is 84.0 Å². The van der Waals surface area contributed by atoms with Gasteiger partial charge in [0.25, 0.3) is 0 Å². The Morgan fingerprint density at radius 3 is 1.42 bits per heavy atom. The molecular formula is C16H14O2S. The number of ether oxygens (including phenoxy) is 2. The van der Waals surface area contributed by atoms with Crippen LogP contribution in [0.4, 0.5) is 0 Å². The van der Waals surface area contributed by atoms with Gasteiger partial charge in [0.15, 0.2) is 10.2 Å². The van der Waals surface area contributed by atoms with Crippen molar-refractivity contribution in [1.82, 2.24) is 0 Å². The highest BCUT2D eigenvalue weighted by Gasteiger charge is 2.04. The van der Waals surface area contributed by atoms with Crippen molar-refractivity contribution >= 4 is 11.8 Å². The minimum atomic E-state index is 0.520. The second-order valence-electron chi connectivity index (χ2n) is 3.68. The summed E-state index contributed by atoms with van der Waals surface area (Å²) in [6.07, 6.45) is 0. The van der Waals surface area contributed by atoms with E-state index in [4.69, 9.17) is 9.47 Å². The normalized spacial score (nSPS) is 9.68. The average molecular weight is 270 g/mol. The molecular weight excluding hydrogens is 256 g/mol. The van der Waals surface area contributed by atoms with E-state index in [-0.39, 0.29) is 0 Å². The van der Waals surface area contributed by atoms with Crippen molar-refractivity contribution in [2.75, 3.05) is 0 Å². The lowest BCUT2D eigenvalue weighted by atomic mass is 10.3. The van der Waals surface area contributed by atoms with Gasteiger partial charge in [-0.05, 0) is 49.2 Å². The van der Waals surface area contributed by atoms with Crippen molar-refractivity contribution in [2.45, 2.75) is 0 Å². The van der Waals surface area contributed by atoms with Gasteiger partial charge in [0.2, 0.25) is 0 Å². The Balaban J connectivity index is 1.84. The summed E-state index contributed by atoms with van der Waals surface area (Å²) in [5, 5.41) is 1.04. The largest absolute Gasteiger partial charge is 0.451 e. The van der Waals surface area contributed by atoms with Gasteiger partial charge in [0.05, 0.1) is 0 Å². The number of thioether (sulfide) groups is 1. The summed E-state index contributed by atoms with van der Waals surface area (Å²) >= 11 is 1.26. The van der Waals surface area contributed by atoms with Crippen LogP contribution in [0.2, 0.25) is 0 Å². The molecule has 0 spiro atoms. The van der Waals surface area contributed by atoms with E-state index in [0.717, 1.165) is 11.5 Å². The van der Waals surface area contributed by atoms with Gasteiger partial charge in [-0.2, -0.15) is 0 Å². The first-order valence-electron chi connectivity index (χ1n) is 5.75. The maximum Gasteiger partial charge on any atom is 0.161 e. The van der Waals surface area contributed by atoms with E-state index in [1.165, 1.54) is 11.8 Å². The topological polar surface area (TPSA) is 18.5 Å². The molecule has 96 valence electrons. The molecule has 2 nitrogen and oxygen atoms in total. The molecule has 2 aromatic carbocycles. The number of rotatable bonds is 6. The molecule has 0 saturated carbocycles. The molecule has 0 heterocycles. The predicted molar refractivity (Wildman–Crippen MR) is 80.0 cm³/mol. The van der Waals surface area contributed by atoms with Gasteiger partial charge in [-0.1, -0.05) is 36.4 Å². The zero-order valence-electron chi connectivity index (χ0n) is 10.4. The molecule has 0 fully saturated rings. The minimum Gasteiger partial charge on any atom is -0.451 e. The van der Waals surface area contributed by atoms with Gasteiger partial charge >= 0.3 is 0 Å². The van der Waals surface area contributed by atoms with Gasteiger partial charge < -0.3 is 9.47 Å². The fourth-order valence-corrected chi connectivity index (χ4v) is 1.94. The number of para-hydroxylation sites is 2. The zero-order valence-corrected chi connectivity index (χ0v) is 11.2. The Hall–Kier alpha value is -2.13. The van der Waals surface area contributed by atoms with Gasteiger partial charge in [-0.25, -0.2) is 0 Å². The van der Waals surface area contributed by atoms with E-state index in [1.54, 1.807) is 0 Å². The van der Waals surface area contributed by atoms with Crippen LogP contribution in [0.5, 0.6) is 11.5 Å². The molecule has 0 bridgehead atoms. The summed E-state index contributed by atoms with van der Waals surface area (Å²) in [5.41, 5.74) is 0. The van der Waals surface area contributed by atoms with Crippen LogP contribution >= 0.6 is 11.8 Å². The Morgan fingerprint density at radius 1 is 0.684 bits per heavy atom. The molecule has 0 aliphatic carbocycles. The Kier molecular flexibility index (Phi) is 4.70. The highest BCUT2D eigenvalue weighted by molar-refractivity contribution is 8.06. The van der Waals surface area contributed by atoms with Crippen LogP contribution < -0.4 is 9.47 Å². The Bertz CT molecular complexity index is 498. The summed E-state index contributed by atoms with van der Waals surface area (Å²) in [4.78, 5) is 0. The summed E-state index contributed by atoms with van der Waals surface area (Å²) in [6.45, 7) is 7.66. The molecule has 0 radical (unpaired) electrons. The quantitative estimate of drug-likeness (QED) is 0.701. The van der Waals surface area contributed by atoms with Gasteiger partial charge in [-0.15, -0.1) is 0 Å². The molecule has 0 aromatic heterocycles. The number of hydrogen-bond acceptors (Lipinski definition) is 3. The fraction of sp³-hybridized carbons (Fsp3) is 0. The van der Waals surface area contributed by atoms with E-state index < -0.39 is 0 Å². The zero-order chi connectivity index (χ0) is 13.5. The highest BCUT2D eigenvalue weighted by atomic mass is 32.2. The molecule has 0 unspecified atom stereocenters. The second kappa shape index (κ2) is 6.71. The molecule has 0 amide bonds. The Morgan fingerprint density at radius 2 is 1.05 bits per heavy atom. The van der Waals surface area contributed by atoms with Crippen LogP contribution in [0.3, 0.4) is 0 Å². The van der Waals surface area contributed by atoms with E-state index in [0.29, 0.717) is 10.2 Å². The van der Waals surface area contributed by atoms with E-state index in [1.807, 2.05) is 60.7 Å². The maximum atomic E-state index is 5.55. The average Bonchev–Trinajstić information content (AvgIpc) is 2.40. The third-order valence-corrected chi connectivity index (χ3v) is 2.80.